The molecule has 1 amide bonds. The third-order valence-electron chi connectivity index (χ3n) is 4.03. The number of nitrogens with zero attached hydrogens (tertiary/aromatic N) is 1. The van der Waals surface area contributed by atoms with Gasteiger partial charge in [-0.1, -0.05) is 25.1 Å². The predicted molar refractivity (Wildman–Crippen MR) is 107 cm³/mol. The van der Waals surface area contributed by atoms with Crippen LogP contribution in [0.2, 0.25) is 0 Å². The second-order valence-corrected chi connectivity index (χ2v) is 8.36. The van der Waals surface area contributed by atoms with Gasteiger partial charge in [0, 0.05) is 24.1 Å². The molecule has 144 valence electrons. The average molecular weight is 396 g/mol. The maximum Gasteiger partial charge on any atom is 0.228 e. The smallest absolute Gasteiger partial charge is 0.228 e. The number of amides is 1. The molecule has 0 fully saturated rings. The summed E-state index contributed by atoms with van der Waals surface area (Å²) in [6.45, 7) is 1.60. The first-order valence-corrected chi connectivity index (χ1v) is 10.4. The molecule has 3 aromatic rings. The van der Waals surface area contributed by atoms with Crippen molar-refractivity contribution in [2.24, 2.45) is 0 Å². The number of aromatic nitrogens is 1. The number of anilines is 1. The number of carbonyl (C=O) groups excluding carboxylic acids is 1. The van der Waals surface area contributed by atoms with Crippen molar-refractivity contribution in [2.75, 3.05) is 11.1 Å². The highest BCUT2D eigenvalue weighted by atomic mass is 32.2. The van der Waals surface area contributed by atoms with Gasteiger partial charge in [0.15, 0.2) is 9.84 Å². The van der Waals surface area contributed by atoms with Gasteiger partial charge in [-0.3, -0.25) is 9.78 Å². The number of nitrogens with one attached hydrogen (secondary N) is 1. The van der Waals surface area contributed by atoms with Crippen molar-refractivity contribution >= 4 is 21.4 Å². The van der Waals surface area contributed by atoms with Crippen LogP contribution in [0.1, 0.15) is 12.5 Å². The molecule has 6 nitrogen and oxygen atoms in total. The maximum atomic E-state index is 12.3. The van der Waals surface area contributed by atoms with Gasteiger partial charge in [-0.2, -0.15) is 0 Å². The largest absolute Gasteiger partial charge is 0.457 e. The number of rotatable bonds is 7. The molecule has 0 aliphatic rings. The van der Waals surface area contributed by atoms with E-state index in [0.717, 1.165) is 5.56 Å². The fourth-order valence-electron chi connectivity index (χ4n) is 2.55. The van der Waals surface area contributed by atoms with Gasteiger partial charge in [-0.25, -0.2) is 8.42 Å². The van der Waals surface area contributed by atoms with Crippen LogP contribution in [0.3, 0.4) is 0 Å². The van der Waals surface area contributed by atoms with Crippen LogP contribution in [0.15, 0.2) is 78.0 Å². The van der Waals surface area contributed by atoms with E-state index >= 15 is 0 Å². The van der Waals surface area contributed by atoms with Gasteiger partial charge >= 0.3 is 0 Å². The number of hydrogen-bond donors (Lipinski definition) is 1. The summed E-state index contributed by atoms with van der Waals surface area (Å²) in [5, 5.41) is 2.82. The van der Waals surface area contributed by atoms with Crippen LogP contribution in [0.4, 0.5) is 5.69 Å². The number of carbonyl (C=O) groups is 1. The minimum absolute atomic E-state index is 0.0464. The lowest BCUT2D eigenvalue weighted by Crippen LogP contribution is -2.14. The molecule has 1 aromatic heterocycles. The summed E-state index contributed by atoms with van der Waals surface area (Å²) in [5.74, 6) is 1.09. The van der Waals surface area contributed by atoms with E-state index in [1.165, 1.54) is 12.1 Å². The van der Waals surface area contributed by atoms with Crippen molar-refractivity contribution in [3.05, 3.63) is 78.6 Å². The molecule has 0 spiro atoms. The van der Waals surface area contributed by atoms with Gasteiger partial charge < -0.3 is 10.1 Å². The van der Waals surface area contributed by atoms with Crippen molar-refractivity contribution in [1.29, 1.82) is 0 Å². The van der Waals surface area contributed by atoms with Crippen LogP contribution in [0.25, 0.3) is 0 Å². The Balaban J connectivity index is 1.63. The Morgan fingerprint density at radius 2 is 1.71 bits per heavy atom. The Morgan fingerprint density at radius 1 is 1.00 bits per heavy atom. The summed E-state index contributed by atoms with van der Waals surface area (Å²) >= 11 is 0. The van der Waals surface area contributed by atoms with Crippen molar-refractivity contribution in [3.8, 4) is 11.5 Å². The highest BCUT2D eigenvalue weighted by Gasteiger charge is 2.12. The first-order valence-electron chi connectivity index (χ1n) is 8.76. The molecule has 0 saturated carbocycles. The van der Waals surface area contributed by atoms with E-state index in [-0.39, 0.29) is 23.0 Å². The summed E-state index contributed by atoms with van der Waals surface area (Å²) in [7, 11) is -3.24. The highest BCUT2D eigenvalue weighted by molar-refractivity contribution is 7.91. The Labute approximate surface area is 164 Å². The molecule has 1 heterocycles. The second kappa shape index (κ2) is 8.67. The van der Waals surface area contributed by atoms with Gasteiger partial charge in [0.2, 0.25) is 5.91 Å². The number of sulfone groups is 1. The van der Waals surface area contributed by atoms with E-state index in [9.17, 15) is 13.2 Å². The lowest BCUT2D eigenvalue weighted by Gasteiger charge is -2.09. The zero-order chi connectivity index (χ0) is 20.0. The van der Waals surface area contributed by atoms with E-state index in [1.54, 1.807) is 67.8 Å². The maximum absolute atomic E-state index is 12.3. The zero-order valence-electron chi connectivity index (χ0n) is 15.3. The van der Waals surface area contributed by atoms with Crippen LogP contribution in [-0.4, -0.2) is 25.1 Å². The minimum Gasteiger partial charge on any atom is -0.457 e. The highest BCUT2D eigenvalue weighted by Crippen LogP contribution is 2.23. The second-order valence-electron chi connectivity index (χ2n) is 6.09. The van der Waals surface area contributed by atoms with E-state index in [0.29, 0.717) is 17.2 Å². The summed E-state index contributed by atoms with van der Waals surface area (Å²) in [6, 6.07) is 17.0. The van der Waals surface area contributed by atoms with Crippen LogP contribution in [0.5, 0.6) is 11.5 Å². The molecular weight excluding hydrogens is 376 g/mol. The fraction of sp³-hybridized carbons (Fsp3) is 0.143. The quantitative estimate of drug-likeness (QED) is 0.656. The van der Waals surface area contributed by atoms with Crippen LogP contribution >= 0.6 is 0 Å². The summed E-state index contributed by atoms with van der Waals surface area (Å²) < 4.78 is 29.4. The molecule has 2 aromatic carbocycles. The molecule has 0 aliphatic heterocycles. The Bertz CT molecular complexity index is 1050. The van der Waals surface area contributed by atoms with Gasteiger partial charge in [0.05, 0.1) is 17.1 Å². The van der Waals surface area contributed by atoms with E-state index in [1.807, 2.05) is 0 Å². The fourth-order valence-corrected chi connectivity index (χ4v) is 3.44. The zero-order valence-corrected chi connectivity index (χ0v) is 16.1. The minimum atomic E-state index is -3.24. The lowest BCUT2D eigenvalue weighted by atomic mass is 10.1. The van der Waals surface area contributed by atoms with E-state index in [2.05, 4.69) is 10.3 Å². The summed E-state index contributed by atoms with van der Waals surface area (Å²) in [6.07, 6.45) is 3.41. The first kappa shape index (κ1) is 19.6. The van der Waals surface area contributed by atoms with Crippen LogP contribution in [-0.2, 0) is 21.1 Å². The first-order chi connectivity index (χ1) is 13.5. The lowest BCUT2D eigenvalue weighted by molar-refractivity contribution is -0.115. The molecule has 7 heteroatoms. The van der Waals surface area contributed by atoms with Crippen molar-refractivity contribution in [2.45, 2.75) is 18.2 Å². The Kier molecular flexibility index (Phi) is 6.06. The van der Waals surface area contributed by atoms with Gasteiger partial charge in [0.1, 0.15) is 11.5 Å². The molecule has 0 bridgehead atoms. The van der Waals surface area contributed by atoms with Crippen molar-refractivity contribution in [1.82, 2.24) is 4.98 Å². The molecule has 0 unspecified atom stereocenters. The van der Waals surface area contributed by atoms with Crippen LogP contribution in [0, 0.1) is 0 Å². The van der Waals surface area contributed by atoms with Crippen LogP contribution < -0.4 is 10.1 Å². The normalized spacial score (nSPS) is 11.0. The molecular formula is C21H20N2O4S. The topological polar surface area (TPSA) is 85.4 Å². The Morgan fingerprint density at radius 3 is 2.39 bits per heavy atom. The van der Waals surface area contributed by atoms with E-state index < -0.39 is 9.84 Å². The van der Waals surface area contributed by atoms with Crippen molar-refractivity contribution in [3.63, 3.8) is 0 Å². The number of benzene rings is 2. The van der Waals surface area contributed by atoms with Crippen molar-refractivity contribution < 1.29 is 17.9 Å². The number of ether oxygens (including phenoxy) is 1. The third-order valence-corrected chi connectivity index (χ3v) is 5.78. The summed E-state index contributed by atoms with van der Waals surface area (Å²) in [4.78, 5) is 16.5. The molecule has 0 saturated heterocycles. The molecule has 1 N–H and O–H groups in total. The molecule has 0 radical (unpaired) electrons. The van der Waals surface area contributed by atoms with Gasteiger partial charge in [0.25, 0.3) is 0 Å². The average Bonchev–Trinajstić information content (AvgIpc) is 2.69. The molecule has 28 heavy (non-hydrogen) atoms. The number of hydrogen-bond acceptors (Lipinski definition) is 5. The monoisotopic (exact) mass is 396 g/mol. The molecule has 0 aliphatic carbocycles. The molecule has 3 rings (SSSR count). The Hall–Kier alpha value is -3.19. The SMILES string of the molecule is CCS(=O)(=O)c1ccc(CC(=O)Nc2cccc(Oc3ccncc3)c2)cc1. The molecule has 0 atom stereocenters. The van der Waals surface area contributed by atoms with Gasteiger partial charge in [-0.15, -0.1) is 0 Å². The summed E-state index contributed by atoms with van der Waals surface area (Å²) in [5.41, 5.74) is 1.35. The standard InChI is InChI=1S/C21H20N2O4S/c1-2-28(25,26)20-8-6-16(7-9-20)14-21(24)23-17-4-3-5-19(15-17)27-18-10-12-22-13-11-18/h3-13,15H,2,14H2,1H3,(H,23,24). The van der Waals surface area contributed by atoms with E-state index in [4.69, 9.17) is 4.74 Å². The third kappa shape index (κ3) is 5.17. The predicted octanol–water partition coefficient (Wildman–Crippen LogP) is 3.85. The van der Waals surface area contributed by atoms with Gasteiger partial charge in [-0.05, 0) is 42.0 Å². The number of pyridine rings is 1.